The first-order valence-corrected chi connectivity index (χ1v) is 10.7. The number of ether oxygens (including phenoxy) is 2. The molecule has 0 spiro atoms. The number of alkyl carbamates (subject to hydrolysis) is 1. The van der Waals surface area contributed by atoms with E-state index >= 15 is 0 Å². The van der Waals surface area contributed by atoms with Gasteiger partial charge in [-0.3, -0.25) is 4.79 Å². The lowest BCUT2D eigenvalue weighted by Gasteiger charge is -2.09. The predicted molar refractivity (Wildman–Crippen MR) is 88.1 cm³/mol. The van der Waals surface area contributed by atoms with Crippen molar-refractivity contribution in [2.45, 2.75) is 26.2 Å². The van der Waals surface area contributed by atoms with Gasteiger partial charge in [-0.1, -0.05) is 61.7 Å². The lowest BCUT2D eigenvalue weighted by atomic mass is 10.2. The Hall–Kier alpha value is -2.08. The summed E-state index contributed by atoms with van der Waals surface area (Å²) < 4.78 is 9.96. The number of benzene rings is 1. The molecule has 0 bridgehead atoms. The first kappa shape index (κ1) is 18.0. The Balaban J connectivity index is 2.15. The zero-order valence-corrected chi connectivity index (χ0v) is 14.3. The summed E-state index contributed by atoms with van der Waals surface area (Å²) in [5, 5.41) is 2.36. The zero-order chi connectivity index (χ0) is 16.4. The van der Waals surface area contributed by atoms with Crippen molar-refractivity contribution in [3.63, 3.8) is 0 Å². The van der Waals surface area contributed by atoms with Crippen LogP contribution in [0, 0.1) is 0 Å². The fourth-order valence-corrected chi connectivity index (χ4v) is 2.32. The van der Waals surface area contributed by atoms with Crippen LogP contribution in [0.15, 0.2) is 42.1 Å². The van der Waals surface area contributed by atoms with Gasteiger partial charge in [0.1, 0.15) is 19.8 Å². The SMILES string of the molecule is C[Si](C)(C)/C=C/COC(=O)CNC(=O)OCc1ccccc1. The second kappa shape index (κ2) is 9.04. The third-order valence-corrected chi connectivity index (χ3v) is 3.78. The fraction of sp³-hybridized carbons (Fsp3) is 0.375. The van der Waals surface area contributed by atoms with Crippen LogP contribution in [0.4, 0.5) is 4.79 Å². The number of amides is 1. The van der Waals surface area contributed by atoms with E-state index in [1.54, 1.807) is 0 Å². The molecular weight excluding hydrogens is 298 g/mol. The number of rotatable bonds is 7. The normalized spacial score (nSPS) is 11.2. The Morgan fingerprint density at radius 1 is 1.14 bits per heavy atom. The van der Waals surface area contributed by atoms with Gasteiger partial charge in [-0.25, -0.2) is 4.79 Å². The van der Waals surface area contributed by atoms with Crippen LogP contribution in [-0.4, -0.2) is 33.3 Å². The molecule has 0 aliphatic rings. The molecule has 1 rings (SSSR count). The molecule has 0 radical (unpaired) electrons. The van der Waals surface area contributed by atoms with Crippen LogP contribution in [0.25, 0.3) is 0 Å². The molecular formula is C16H23NO4Si. The van der Waals surface area contributed by atoms with Crippen molar-refractivity contribution in [3.8, 4) is 0 Å². The van der Waals surface area contributed by atoms with Gasteiger partial charge in [-0.15, -0.1) is 0 Å². The van der Waals surface area contributed by atoms with E-state index in [0.29, 0.717) is 0 Å². The van der Waals surface area contributed by atoms with E-state index < -0.39 is 20.1 Å². The average Bonchev–Trinajstić information content (AvgIpc) is 2.47. The van der Waals surface area contributed by atoms with Gasteiger partial charge in [0.25, 0.3) is 0 Å². The van der Waals surface area contributed by atoms with Crippen molar-refractivity contribution in [2.75, 3.05) is 13.2 Å². The lowest BCUT2D eigenvalue weighted by molar-refractivity contribution is -0.141. The maximum absolute atomic E-state index is 11.4. The van der Waals surface area contributed by atoms with Crippen molar-refractivity contribution in [1.82, 2.24) is 5.32 Å². The Morgan fingerprint density at radius 2 is 1.82 bits per heavy atom. The van der Waals surface area contributed by atoms with Gasteiger partial charge >= 0.3 is 12.1 Å². The van der Waals surface area contributed by atoms with E-state index in [-0.39, 0.29) is 19.8 Å². The van der Waals surface area contributed by atoms with Crippen LogP contribution in [0.1, 0.15) is 5.56 Å². The molecule has 0 aromatic heterocycles. The molecule has 0 heterocycles. The number of carbonyl (C=O) groups excluding carboxylic acids is 2. The monoisotopic (exact) mass is 321 g/mol. The summed E-state index contributed by atoms with van der Waals surface area (Å²) in [5.74, 6) is -0.489. The first-order chi connectivity index (χ1) is 10.4. The highest BCUT2D eigenvalue weighted by Gasteiger charge is 2.08. The van der Waals surface area contributed by atoms with E-state index in [9.17, 15) is 9.59 Å². The number of nitrogens with one attached hydrogen (secondary N) is 1. The summed E-state index contributed by atoms with van der Waals surface area (Å²) in [7, 11) is -1.27. The third kappa shape index (κ3) is 8.96. The largest absolute Gasteiger partial charge is 0.460 e. The van der Waals surface area contributed by atoms with Crippen LogP contribution >= 0.6 is 0 Å². The number of hydrogen-bond acceptors (Lipinski definition) is 4. The fourth-order valence-electron chi connectivity index (χ4n) is 1.51. The van der Waals surface area contributed by atoms with E-state index in [2.05, 4.69) is 30.7 Å². The molecule has 1 aromatic rings. The van der Waals surface area contributed by atoms with Gasteiger partial charge in [0.05, 0.1) is 8.07 Å². The van der Waals surface area contributed by atoms with Crippen LogP contribution in [-0.2, 0) is 20.9 Å². The Kier molecular flexibility index (Phi) is 7.38. The molecule has 1 aromatic carbocycles. The Labute approximate surface area is 132 Å². The summed E-state index contributed by atoms with van der Waals surface area (Å²) in [5.41, 5.74) is 2.98. The summed E-state index contributed by atoms with van der Waals surface area (Å²) in [6.07, 6.45) is 1.20. The highest BCUT2D eigenvalue weighted by molar-refractivity contribution is 6.80. The highest BCUT2D eigenvalue weighted by atomic mass is 28.3. The van der Waals surface area contributed by atoms with Gasteiger partial charge in [0.2, 0.25) is 0 Å². The van der Waals surface area contributed by atoms with Gasteiger partial charge < -0.3 is 14.8 Å². The van der Waals surface area contributed by atoms with Crippen molar-refractivity contribution >= 4 is 20.1 Å². The van der Waals surface area contributed by atoms with Crippen LogP contribution in [0.2, 0.25) is 19.6 Å². The topological polar surface area (TPSA) is 64.6 Å². The molecule has 0 fully saturated rings. The molecule has 0 saturated carbocycles. The molecule has 0 aliphatic carbocycles. The number of esters is 1. The molecule has 1 N–H and O–H groups in total. The van der Waals surface area contributed by atoms with Crippen LogP contribution in [0.5, 0.6) is 0 Å². The maximum atomic E-state index is 11.4. The van der Waals surface area contributed by atoms with E-state index in [1.807, 2.05) is 36.4 Å². The van der Waals surface area contributed by atoms with Crippen LogP contribution < -0.4 is 5.32 Å². The quantitative estimate of drug-likeness (QED) is 0.619. The summed E-state index contributed by atoms with van der Waals surface area (Å²) in [6, 6.07) is 9.32. The van der Waals surface area contributed by atoms with Gasteiger partial charge in [0, 0.05) is 0 Å². The third-order valence-electron chi connectivity index (χ3n) is 2.55. The van der Waals surface area contributed by atoms with Gasteiger partial charge in [-0.2, -0.15) is 0 Å². The molecule has 22 heavy (non-hydrogen) atoms. The Morgan fingerprint density at radius 3 is 2.45 bits per heavy atom. The van der Waals surface area contributed by atoms with E-state index in [4.69, 9.17) is 9.47 Å². The molecule has 0 unspecified atom stereocenters. The molecule has 0 aliphatic heterocycles. The zero-order valence-electron chi connectivity index (χ0n) is 13.3. The van der Waals surface area contributed by atoms with Crippen molar-refractivity contribution in [3.05, 3.63) is 47.7 Å². The molecule has 120 valence electrons. The highest BCUT2D eigenvalue weighted by Crippen LogP contribution is 2.01. The maximum Gasteiger partial charge on any atom is 0.407 e. The van der Waals surface area contributed by atoms with Crippen molar-refractivity contribution in [2.24, 2.45) is 0 Å². The van der Waals surface area contributed by atoms with E-state index in [0.717, 1.165) is 5.56 Å². The number of hydrogen-bond donors (Lipinski definition) is 1. The second-order valence-corrected chi connectivity index (χ2v) is 10.9. The summed E-state index contributed by atoms with van der Waals surface area (Å²) in [4.78, 5) is 22.9. The first-order valence-electron chi connectivity index (χ1n) is 7.15. The second-order valence-electron chi connectivity index (χ2n) is 5.87. The van der Waals surface area contributed by atoms with Crippen molar-refractivity contribution in [1.29, 1.82) is 0 Å². The molecule has 6 heteroatoms. The number of carbonyl (C=O) groups is 2. The molecule has 0 saturated heterocycles. The van der Waals surface area contributed by atoms with Gasteiger partial charge in [0.15, 0.2) is 0 Å². The standard InChI is InChI=1S/C16H23NO4Si/c1-22(2,3)11-7-10-20-15(18)12-17-16(19)21-13-14-8-5-4-6-9-14/h4-9,11H,10,12-13H2,1-3H3,(H,17,19)/b11-7+. The molecule has 5 nitrogen and oxygen atoms in total. The van der Waals surface area contributed by atoms with Gasteiger partial charge in [-0.05, 0) is 5.56 Å². The van der Waals surface area contributed by atoms with Crippen LogP contribution in [0.3, 0.4) is 0 Å². The van der Waals surface area contributed by atoms with E-state index in [1.165, 1.54) is 0 Å². The smallest absolute Gasteiger partial charge is 0.407 e. The minimum atomic E-state index is -1.27. The molecule has 1 amide bonds. The average molecular weight is 321 g/mol. The molecule has 0 atom stereocenters. The summed E-state index contributed by atoms with van der Waals surface area (Å²) >= 11 is 0. The summed E-state index contributed by atoms with van der Waals surface area (Å²) in [6.45, 7) is 6.76. The minimum Gasteiger partial charge on any atom is -0.460 e. The minimum absolute atomic E-state index is 0.167. The van der Waals surface area contributed by atoms with Crippen molar-refractivity contribution < 1.29 is 19.1 Å². The lowest BCUT2D eigenvalue weighted by Crippen LogP contribution is -2.31. The Bertz CT molecular complexity index is 509. The predicted octanol–water partition coefficient (Wildman–Crippen LogP) is 2.89.